The zero-order chi connectivity index (χ0) is 9.07. The van der Waals surface area contributed by atoms with E-state index in [-0.39, 0.29) is 5.41 Å². The van der Waals surface area contributed by atoms with E-state index in [4.69, 9.17) is 4.84 Å². The molecule has 0 spiro atoms. The Labute approximate surface area is 69.6 Å². The van der Waals surface area contributed by atoms with Gasteiger partial charge in [-0.25, -0.2) is 0 Å². The molecule has 0 aliphatic heterocycles. The predicted octanol–water partition coefficient (Wildman–Crippen LogP) is 2.69. The molecule has 0 atom stereocenters. The maximum atomic E-state index is 4.78. The average Bonchev–Trinajstić information content (AvgIpc) is 1.79. The quantitative estimate of drug-likeness (QED) is 0.446. The van der Waals surface area contributed by atoms with Crippen molar-refractivity contribution in [2.75, 3.05) is 7.11 Å². The second kappa shape index (κ2) is 3.74. The summed E-state index contributed by atoms with van der Waals surface area (Å²) in [4.78, 5) is 4.78. The summed E-state index contributed by atoms with van der Waals surface area (Å²) in [6.45, 7) is 10.7. The van der Waals surface area contributed by atoms with Gasteiger partial charge < -0.3 is 4.84 Å². The molecule has 66 valence electrons. The molecule has 2 nitrogen and oxygen atoms in total. The predicted molar refractivity (Wildman–Crippen MR) is 48.7 cm³/mol. The molecule has 0 rings (SSSR count). The highest BCUT2D eigenvalue weighted by atomic mass is 16.6. The molecule has 0 heterocycles. The number of hydrogen-bond donors (Lipinski definition) is 0. The number of rotatable bonds is 2. The number of hydrogen-bond acceptors (Lipinski definition) is 2. The van der Waals surface area contributed by atoms with Crippen molar-refractivity contribution >= 4 is 5.71 Å². The van der Waals surface area contributed by atoms with Crippen LogP contribution in [0, 0.1) is 11.3 Å². The molecule has 0 aromatic heterocycles. The summed E-state index contributed by atoms with van der Waals surface area (Å²) in [7, 11) is 1.59. The van der Waals surface area contributed by atoms with Crippen LogP contribution in [-0.4, -0.2) is 12.8 Å². The Morgan fingerprint density at radius 3 is 1.82 bits per heavy atom. The largest absolute Gasteiger partial charge is 0.399 e. The minimum Gasteiger partial charge on any atom is -0.399 e. The van der Waals surface area contributed by atoms with Crippen molar-refractivity contribution in [3.05, 3.63) is 0 Å². The molecule has 0 amide bonds. The Kier molecular flexibility index (Phi) is 3.56. The van der Waals surface area contributed by atoms with Crippen LogP contribution in [0.2, 0.25) is 0 Å². The first-order chi connectivity index (χ1) is 4.89. The van der Waals surface area contributed by atoms with E-state index in [1.807, 2.05) is 0 Å². The second-order valence-corrected chi connectivity index (χ2v) is 4.06. The van der Waals surface area contributed by atoms with Crippen LogP contribution in [0.15, 0.2) is 5.16 Å². The first-order valence-corrected chi connectivity index (χ1v) is 4.01. The molecule has 0 aliphatic carbocycles. The van der Waals surface area contributed by atoms with E-state index in [2.05, 4.69) is 39.8 Å². The molecule has 0 bridgehead atoms. The van der Waals surface area contributed by atoms with Gasteiger partial charge in [-0.05, 0) is 5.92 Å². The van der Waals surface area contributed by atoms with E-state index in [9.17, 15) is 0 Å². The minimum absolute atomic E-state index is 0.115. The van der Waals surface area contributed by atoms with Crippen molar-refractivity contribution in [1.82, 2.24) is 0 Å². The summed E-state index contributed by atoms with van der Waals surface area (Å²) in [5.74, 6) is 0.454. The van der Waals surface area contributed by atoms with Gasteiger partial charge in [0.15, 0.2) is 0 Å². The summed E-state index contributed by atoms with van der Waals surface area (Å²) in [6.07, 6.45) is 0. The summed E-state index contributed by atoms with van der Waals surface area (Å²) < 4.78 is 0. The normalized spacial score (nSPS) is 13.9. The fourth-order valence-electron chi connectivity index (χ4n) is 1.21. The Morgan fingerprint density at radius 1 is 1.27 bits per heavy atom. The lowest BCUT2D eigenvalue weighted by molar-refractivity contribution is 0.206. The Balaban J connectivity index is 4.49. The van der Waals surface area contributed by atoms with Crippen LogP contribution in [0.3, 0.4) is 0 Å². The lowest BCUT2D eigenvalue weighted by Crippen LogP contribution is -2.25. The van der Waals surface area contributed by atoms with Crippen molar-refractivity contribution < 1.29 is 4.84 Å². The van der Waals surface area contributed by atoms with E-state index in [1.165, 1.54) is 0 Å². The van der Waals surface area contributed by atoms with Gasteiger partial charge in [0.05, 0.1) is 5.71 Å². The molecule has 0 fully saturated rings. The zero-order valence-electron chi connectivity index (χ0n) is 8.43. The van der Waals surface area contributed by atoms with Gasteiger partial charge in [-0.2, -0.15) is 0 Å². The van der Waals surface area contributed by atoms with Gasteiger partial charge in [0.2, 0.25) is 0 Å². The van der Waals surface area contributed by atoms with Gasteiger partial charge in [-0.3, -0.25) is 0 Å². The highest BCUT2D eigenvalue weighted by Crippen LogP contribution is 2.21. The van der Waals surface area contributed by atoms with Crippen LogP contribution < -0.4 is 0 Å². The third-order valence-electron chi connectivity index (χ3n) is 1.50. The van der Waals surface area contributed by atoms with Crippen molar-refractivity contribution in [1.29, 1.82) is 0 Å². The van der Waals surface area contributed by atoms with Crippen molar-refractivity contribution in [3.63, 3.8) is 0 Å². The molecular weight excluding hydrogens is 138 g/mol. The summed E-state index contributed by atoms with van der Waals surface area (Å²) in [5.41, 5.74) is 1.23. The number of oxime groups is 1. The molecule has 11 heavy (non-hydrogen) atoms. The van der Waals surface area contributed by atoms with E-state index in [0.717, 1.165) is 5.71 Å². The highest BCUT2D eigenvalue weighted by molar-refractivity contribution is 5.90. The van der Waals surface area contributed by atoms with Crippen molar-refractivity contribution in [3.8, 4) is 0 Å². The van der Waals surface area contributed by atoms with Crippen molar-refractivity contribution in [2.24, 2.45) is 16.5 Å². The van der Waals surface area contributed by atoms with Gasteiger partial charge in [0.1, 0.15) is 7.11 Å². The average molecular weight is 157 g/mol. The summed E-state index contributed by atoms with van der Waals surface area (Å²) >= 11 is 0. The first-order valence-electron chi connectivity index (χ1n) is 4.01. The Bertz CT molecular complexity index is 142. The molecule has 0 N–H and O–H groups in total. The third kappa shape index (κ3) is 3.40. The van der Waals surface area contributed by atoms with Gasteiger partial charge in [0.25, 0.3) is 0 Å². The zero-order valence-corrected chi connectivity index (χ0v) is 8.43. The van der Waals surface area contributed by atoms with E-state index in [0.29, 0.717) is 5.92 Å². The molecular formula is C9H19NO. The van der Waals surface area contributed by atoms with Gasteiger partial charge in [-0.1, -0.05) is 39.8 Å². The molecule has 0 aromatic carbocycles. The van der Waals surface area contributed by atoms with Crippen LogP contribution >= 0.6 is 0 Å². The van der Waals surface area contributed by atoms with Crippen LogP contribution in [0.1, 0.15) is 34.6 Å². The molecule has 0 saturated carbocycles. The van der Waals surface area contributed by atoms with Gasteiger partial charge in [0, 0.05) is 5.41 Å². The van der Waals surface area contributed by atoms with Crippen LogP contribution in [-0.2, 0) is 4.84 Å². The maximum absolute atomic E-state index is 4.78. The fourth-order valence-corrected chi connectivity index (χ4v) is 1.21. The van der Waals surface area contributed by atoms with Crippen LogP contribution in [0.5, 0.6) is 0 Å². The van der Waals surface area contributed by atoms with E-state index >= 15 is 0 Å². The lowest BCUT2D eigenvalue weighted by atomic mass is 9.84. The lowest BCUT2D eigenvalue weighted by Gasteiger charge is -2.23. The maximum Gasteiger partial charge on any atom is 0.106 e. The summed E-state index contributed by atoms with van der Waals surface area (Å²) in [5, 5.41) is 4.01. The Hall–Kier alpha value is -0.530. The smallest absolute Gasteiger partial charge is 0.106 e. The number of nitrogens with zero attached hydrogens (tertiary/aromatic N) is 1. The molecule has 0 aliphatic rings. The summed E-state index contributed by atoms with van der Waals surface area (Å²) in [6, 6.07) is 0. The molecule has 0 aromatic rings. The molecule has 0 unspecified atom stereocenters. The molecule has 2 heteroatoms. The Morgan fingerprint density at radius 2 is 1.73 bits per heavy atom. The van der Waals surface area contributed by atoms with Crippen molar-refractivity contribution in [2.45, 2.75) is 34.6 Å². The van der Waals surface area contributed by atoms with Crippen LogP contribution in [0.4, 0.5) is 0 Å². The topological polar surface area (TPSA) is 21.6 Å². The molecule has 0 saturated heterocycles. The fraction of sp³-hybridized carbons (Fsp3) is 0.889. The third-order valence-corrected chi connectivity index (χ3v) is 1.50. The van der Waals surface area contributed by atoms with E-state index in [1.54, 1.807) is 7.11 Å². The minimum atomic E-state index is 0.115. The van der Waals surface area contributed by atoms with E-state index < -0.39 is 0 Å². The van der Waals surface area contributed by atoms with Gasteiger partial charge in [-0.15, -0.1) is 0 Å². The van der Waals surface area contributed by atoms with Gasteiger partial charge >= 0.3 is 0 Å². The highest BCUT2D eigenvalue weighted by Gasteiger charge is 2.22. The monoisotopic (exact) mass is 157 g/mol. The first kappa shape index (κ1) is 10.5. The second-order valence-electron chi connectivity index (χ2n) is 4.06. The molecule has 0 radical (unpaired) electrons. The van der Waals surface area contributed by atoms with Crippen LogP contribution in [0.25, 0.3) is 0 Å². The standard InChI is InChI=1S/C9H19NO/c1-7(2)8(10-11-6)9(3,4)5/h7H,1-6H3/b10-8+. The SMILES string of the molecule is CO/N=C(\C(C)C)C(C)(C)C.